The zero-order valence-corrected chi connectivity index (χ0v) is 17.2. The van der Waals surface area contributed by atoms with E-state index in [1.165, 1.54) is 0 Å². The third-order valence-corrected chi connectivity index (χ3v) is 5.29. The number of unbranched alkanes of at least 4 members (excludes halogenated alkanes) is 2. The van der Waals surface area contributed by atoms with Gasteiger partial charge in [0.2, 0.25) is 5.91 Å². The van der Waals surface area contributed by atoms with Gasteiger partial charge in [-0.25, -0.2) is 0 Å². The van der Waals surface area contributed by atoms with Crippen molar-refractivity contribution in [3.05, 3.63) is 34.9 Å². The number of aryl methyl sites for hydroxylation is 2. The van der Waals surface area contributed by atoms with Gasteiger partial charge in [-0.1, -0.05) is 24.6 Å². The summed E-state index contributed by atoms with van der Waals surface area (Å²) in [6.45, 7) is 3.03. The van der Waals surface area contributed by atoms with Gasteiger partial charge in [0.1, 0.15) is 0 Å². The van der Waals surface area contributed by atoms with E-state index in [-0.39, 0.29) is 12.3 Å². The van der Waals surface area contributed by atoms with Crippen molar-refractivity contribution < 1.29 is 14.7 Å². The number of aliphatic carboxylic acids is 1. The second kappa shape index (κ2) is 13.0. The van der Waals surface area contributed by atoms with Crippen molar-refractivity contribution in [1.82, 2.24) is 5.32 Å². The molecule has 0 radical (unpaired) electrons. The summed E-state index contributed by atoms with van der Waals surface area (Å²) < 4.78 is 0. The molecule has 160 valence electrons. The Hall–Kier alpha value is -2.28. The molecule has 1 aliphatic rings. The van der Waals surface area contributed by atoms with Crippen molar-refractivity contribution in [3.8, 4) is 0 Å². The Labute approximate surface area is 173 Å². The Morgan fingerprint density at radius 3 is 2.59 bits per heavy atom. The molecule has 4 N–H and O–H groups in total. The van der Waals surface area contributed by atoms with E-state index in [9.17, 15) is 9.59 Å². The lowest BCUT2D eigenvalue weighted by molar-refractivity contribution is -0.137. The Kier molecular flexibility index (Phi) is 10.3. The molecule has 0 spiro atoms. The van der Waals surface area contributed by atoms with Crippen molar-refractivity contribution in [2.75, 3.05) is 26.2 Å². The lowest BCUT2D eigenvalue weighted by Gasteiger charge is -2.13. The molecule has 2 rings (SSSR count). The summed E-state index contributed by atoms with van der Waals surface area (Å²) in [5.74, 6) is -0.210. The van der Waals surface area contributed by atoms with Gasteiger partial charge < -0.3 is 16.2 Å². The molecule has 0 fully saturated rings. The largest absolute Gasteiger partial charge is 0.481 e. The van der Waals surface area contributed by atoms with Crippen LogP contribution in [0.15, 0.2) is 28.4 Å². The third-order valence-electron chi connectivity index (χ3n) is 5.29. The molecule has 1 aliphatic heterocycles. The molecule has 1 aromatic rings. The van der Waals surface area contributed by atoms with Crippen LogP contribution in [0, 0.1) is 5.92 Å². The number of nitrogens with zero attached hydrogens (tertiary/aromatic N) is 2. The minimum Gasteiger partial charge on any atom is -0.481 e. The van der Waals surface area contributed by atoms with Crippen LogP contribution in [0.4, 0.5) is 0 Å². The maximum absolute atomic E-state index is 12.4. The van der Waals surface area contributed by atoms with Crippen LogP contribution in [-0.4, -0.2) is 43.2 Å². The molecule has 0 atom stereocenters. The fourth-order valence-electron chi connectivity index (χ4n) is 3.56. The monoisotopic (exact) mass is 402 g/mol. The average molecular weight is 403 g/mol. The van der Waals surface area contributed by atoms with Gasteiger partial charge in [0, 0.05) is 18.9 Å². The van der Waals surface area contributed by atoms with Gasteiger partial charge in [-0.15, -0.1) is 0 Å². The highest BCUT2D eigenvalue weighted by atomic mass is 16.4. The number of amides is 1. The van der Waals surface area contributed by atoms with Crippen LogP contribution in [-0.2, 0) is 28.9 Å². The molecule has 0 bridgehead atoms. The van der Waals surface area contributed by atoms with E-state index in [0.29, 0.717) is 31.8 Å². The number of carboxylic acids is 1. The standard InChI is InChI=1S/C22H34N4O3/c23-11-3-1-6-19-9-7-17(8-10-22(28)29)13-20(19)14-21(27)24-12-4-2-5-18-15-25-26-16-18/h7,9,13,18H,1-6,8,10-12,14-16,23H2,(H,24,27)(H,28,29). The topological polar surface area (TPSA) is 117 Å². The summed E-state index contributed by atoms with van der Waals surface area (Å²) in [5.41, 5.74) is 8.71. The first-order chi connectivity index (χ1) is 14.1. The lowest BCUT2D eigenvalue weighted by atomic mass is 9.95. The number of carbonyl (C=O) groups excluding carboxylic acids is 1. The molecule has 0 unspecified atom stereocenters. The molecule has 1 aromatic carbocycles. The molecule has 0 aromatic heterocycles. The van der Waals surface area contributed by atoms with E-state index >= 15 is 0 Å². The third kappa shape index (κ3) is 9.17. The maximum atomic E-state index is 12.4. The zero-order chi connectivity index (χ0) is 20.9. The van der Waals surface area contributed by atoms with Gasteiger partial charge in [-0.05, 0) is 61.8 Å². The number of azo groups is 1. The number of hydrogen-bond acceptors (Lipinski definition) is 5. The molecule has 1 heterocycles. The predicted molar refractivity (Wildman–Crippen MR) is 113 cm³/mol. The minimum atomic E-state index is -0.809. The van der Waals surface area contributed by atoms with Crippen molar-refractivity contribution in [3.63, 3.8) is 0 Å². The van der Waals surface area contributed by atoms with E-state index in [2.05, 4.69) is 15.5 Å². The van der Waals surface area contributed by atoms with E-state index in [1.54, 1.807) is 0 Å². The van der Waals surface area contributed by atoms with Gasteiger partial charge in [0.15, 0.2) is 0 Å². The summed E-state index contributed by atoms with van der Waals surface area (Å²) in [6.07, 6.45) is 6.88. The SMILES string of the molecule is NCCCCc1ccc(CCC(=O)O)cc1CC(=O)NCCCCC1CN=NC1. The first-order valence-corrected chi connectivity index (χ1v) is 10.7. The summed E-state index contributed by atoms with van der Waals surface area (Å²) in [7, 11) is 0. The fraction of sp³-hybridized carbons (Fsp3) is 0.636. The Morgan fingerprint density at radius 1 is 1.07 bits per heavy atom. The molecule has 0 saturated carbocycles. The normalized spacial score (nSPS) is 13.7. The average Bonchev–Trinajstić information content (AvgIpc) is 3.21. The Morgan fingerprint density at radius 2 is 1.86 bits per heavy atom. The van der Waals surface area contributed by atoms with Crippen LogP contribution in [0.1, 0.15) is 55.2 Å². The van der Waals surface area contributed by atoms with Crippen molar-refractivity contribution in [1.29, 1.82) is 0 Å². The minimum absolute atomic E-state index is 0.0197. The number of rotatable bonds is 14. The van der Waals surface area contributed by atoms with E-state index in [4.69, 9.17) is 10.8 Å². The van der Waals surface area contributed by atoms with Crippen LogP contribution in [0.3, 0.4) is 0 Å². The number of nitrogens with two attached hydrogens (primary N) is 1. The maximum Gasteiger partial charge on any atom is 0.303 e. The number of nitrogens with one attached hydrogen (secondary N) is 1. The lowest BCUT2D eigenvalue weighted by Crippen LogP contribution is -2.26. The van der Waals surface area contributed by atoms with Crippen LogP contribution in [0.25, 0.3) is 0 Å². The highest BCUT2D eigenvalue weighted by Gasteiger charge is 2.13. The highest BCUT2D eigenvalue weighted by molar-refractivity contribution is 5.79. The molecule has 0 aliphatic carbocycles. The molecule has 29 heavy (non-hydrogen) atoms. The summed E-state index contributed by atoms with van der Waals surface area (Å²) in [5, 5.41) is 20.0. The summed E-state index contributed by atoms with van der Waals surface area (Å²) in [6, 6.07) is 6.01. The predicted octanol–water partition coefficient (Wildman–Crippen LogP) is 2.90. The number of hydrogen-bond donors (Lipinski definition) is 3. The Balaban J connectivity index is 1.82. The molecular formula is C22H34N4O3. The first kappa shape index (κ1) is 23.0. The van der Waals surface area contributed by atoms with Gasteiger partial charge in [-0.3, -0.25) is 9.59 Å². The molecule has 7 nitrogen and oxygen atoms in total. The highest BCUT2D eigenvalue weighted by Crippen LogP contribution is 2.18. The van der Waals surface area contributed by atoms with Crippen LogP contribution >= 0.6 is 0 Å². The first-order valence-electron chi connectivity index (χ1n) is 10.7. The molecular weight excluding hydrogens is 368 g/mol. The Bertz CT molecular complexity index is 683. The second-order valence-electron chi connectivity index (χ2n) is 7.78. The number of benzene rings is 1. The van der Waals surface area contributed by atoms with Crippen LogP contribution in [0.5, 0.6) is 0 Å². The fourth-order valence-corrected chi connectivity index (χ4v) is 3.56. The number of carbonyl (C=O) groups is 2. The zero-order valence-electron chi connectivity index (χ0n) is 17.2. The van der Waals surface area contributed by atoms with Crippen molar-refractivity contribution in [2.45, 2.75) is 57.8 Å². The number of carboxylic acid groups (broad SMARTS) is 1. The smallest absolute Gasteiger partial charge is 0.303 e. The van der Waals surface area contributed by atoms with Crippen molar-refractivity contribution in [2.24, 2.45) is 21.9 Å². The van der Waals surface area contributed by atoms with Gasteiger partial charge in [0.05, 0.1) is 19.5 Å². The van der Waals surface area contributed by atoms with Gasteiger partial charge >= 0.3 is 5.97 Å². The summed E-state index contributed by atoms with van der Waals surface area (Å²) >= 11 is 0. The molecule has 7 heteroatoms. The van der Waals surface area contributed by atoms with E-state index < -0.39 is 5.97 Å². The van der Waals surface area contributed by atoms with E-state index in [0.717, 1.165) is 68.3 Å². The van der Waals surface area contributed by atoms with E-state index in [1.807, 2.05) is 18.2 Å². The van der Waals surface area contributed by atoms with Crippen LogP contribution < -0.4 is 11.1 Å². The molecule has 0 saturated heterocycles. The van der Waals surface area contributed by atoms with Gasteiger partial charge in [-0.2, -0.15) is 10.2 Å². The molecule has 1 amide bonds. The summed E-state index contributed by atoms with van der Waals surface area (Å²) in [4.78, 5) is 23.3. The second-order valence-corrected chi connectivity index (χ2v) is 7.78. The van der Waals surface area contributed by atoms with Crippen LogP contribution in [0.2, 0.25) is 0 Å². The van der Waals surface area contributed by atoms with Gasteiger partial charge in [0.25, 0.3) is 0 Å². The quantitative estimate of drug-likeness (QED) is 0.415. The van der Waals surface area contributed by atoms with Crippen molar-refractivity contribution >= 4 is 11.9 Å².